The summed E-state index contributed by atoms with van der Waals surface area (Å²) in [5.41, 5.74) is 0.981. The first kappa shape index (κ1) is 15.6. The lowest BCUT2D eigenvalue weighted by Crippen LogP contribution is -2.30. The van der Waals surface area contributed by atoms with Gasteiger partial charge in [0.2, 0.25) is 0 Å². The first-order valence-electron chi connectivity index (χ1n) is 6.40. The van der Waals surface area contributed by atoms with Gasteiger partial charge in [-0.3, -0.25) is 4.79 Å². The van der Waals surface area contributed by atoms with Gasteiger partial charge in [0.05, 0.1) is 11.6 Å². The molecule has 0 aliphatic rings. The van der Waals surface area contributed by atoms with E-state index < -0.39 is 17.5 Å². The molecular formula is C16H14BrF2NO. The third-order valence-corrected chi connectivity index (χ3v) is 3.80. The predicted molar refractivity (Wildman–Crippen MR) is 81.5 cm³/mol. The number of nitrogens with one attached hydrogen (secondary N) is 1. The van der Waals surface area contributed by atoms with Crippen LogP contribution in [0.1, 0.15) is 27.5 Å². The number of aryl methyl sites for hydroxylation is 1. The van der Waals surface area contributed by atoms with E-state index in [0.717, 1.165) is 11.6 Å². The van der Waals surface area contributed by atoms with Gasteiger partial charge < -0.3 is 5.32 Å². The Labute approximate surface area is 130 Å². The van der Waals surface area contributed by atoms with Crippen LogP contribution < -0.4 is 5.32 Å². The second-order valence-electron chi connectivity index (χ2n) is 4.67. The van der Waals surface area contributed by atoms with Crippen LogP contribution in [0.15, 0.2) is 42.5 Å². The molecule has 2 rings (SSSR count). The Morgan fingerprint density at radius 2 is 1.86 bits per heavy atom. The van der Waals surface area contributed by atoms with Gasteiger partial charge in [-0.25, -0.2) is 8.78 Å². The minimum absolute atomic E-state index is 0.157. The average molecular weight is 354 g/mol. The third-order valence-electron chi connectivity index (χ3n) is 3.15. The van der Waals surface area contributed by atoms with Crippen LogP contribution in [0.2, 0.25) is 0 Å². The highest BCUT2D eigenvalue weighted by molar-refractivity contribution is 9.09. The molecule has 0 saturated heterocycles. The van der Waals surface area contributed by atoms with Gasteiger partial charge in [-0.15, -0.1) is 0 Å². The van der Waals surface area contributed by atoms with E-state index in [0.29, 0.717) is 5.33 Å². The molecule has 0 spiro atoms. The molecule has 0 fully saturated rings. The van der Waals surface area contributed by atoms with Gasteiger partial charge >= 0.3 is 0 Å². The topological polar surface area (TPSA) is 29.1 Å². The molecule has 21 heavy (non-hydrogen) atoms. The van der Waals surface area contributed by atoms with E-state index in [4.69, 9.17) is 0 Å². The molecule has 0 aliphatic heterocycles. The number of carbonyl (C=O) groups excluding carboxylic acids is 1. The van der Waals surface area contributed by atoms with E-state index >= 15 is 0 Å². The number of benzene rings is 2. The van der Waals surface area contributed by atoms with Crippen molar-refractivity contribution < 1.29 is 13.6 Å². The fraction of sp³-hybridized carbons (Fsp3) is 0.188. The molecule has 2 nitrogen and oxygen atoms in total. The average Bonchev–Trinajstić information content (AvgIpc) is 2.49. The minimum atomic E-state index is -0.864. The van der Waals surface area contributed by atoms with Crippen LogP contribution in [-0.4, -0.2) is 11.2 Å². The van der Waals surface area contributed by atoms with Gasteiger partial charge in [0, 0.05) is 11.4 Å². The Bertz CT molecular complexity index is 646. The maximum atomic E-state index is 13.7. The molecule has 1 atom stereocenters. The van der Waals surface area contributed by atoms with Crippen LogP contribution in [-0.2, 0) is 0 Å². The normalized spacial score (nSPS) is 12.0. The van der Waals surface area contributed by atoms with Crippen LogP contribution in [0.5, 0.6) is 0 Å². The van der Waals surface area contributed by atoms with Crippen molar-refractivity contribution in [1.82, 2.24) is 5.32 Å². The third kappa shape index (κ3) is 3.67. The monoisotopic (exact) mass is 353 g/mol. The highest BCUT2D eigenvalue weighted by Gasteiger charge is 2.18. The SMILES string of the molecule is Cc1cc(C(=O)NC(CBr)c2ccccc2)c(F)cc1F. The van der Waals surface area contributed by atoms with Crippen molar-refractivity contribution in [3.05, 3.63) is 70.8 Å². The summed E-state index contributed by atoms with van der Waals surface area (Å²) < 4.78 is 27.0. The van der Waals surface area contributed by atoms with Crippen molar-refractivity contribution in [2.75, 3.05) is 5.33 Å². The largest absolute Gasteiger partial charge is 0.344 e. The van der Waals surface area contributed by atoms with Crippen molar-refractivity contribution in [1.29, 1.82) is 0 Å². The zero-order valence-electron chi connectivity index (χ0n) is 11.4. The second kappa shape index (κ2) is 6.80. The summed E-state index contributed by atoms with van der Waals surface area (Å²) in [5, 5.41) is 3.23. The van der Waals surface area contributed by atoms with Gasteiger partial charge in [0.25, 0.3) is 5.91 Å². The molecule has 110 valence electrons. The van der Waals surface area contributed by atoms with E-state index in [-0.39, 0.29) is 17.2 Å². The van der Waals surface area contributed by atoms with Gasteiger partial charge in [-0.05, 0) is 24.1 Å². The van der Waals surface area contributed by atoms with Crippen LogP contribution in [0.25, 0.3) is 0 Å². The summed E-state index contributed by atoms with van der Waals surface area (Å²) in [4.78, 5) is 12.2. The smallest absolute Gasteiger partial charge is 0.254 e. The standard InChI is InChI=1S/C16H14BrF2NO/c1-10-7-12(14(19)8-13(10)18)16(21)20-15(9-17)11-5-3-2-4-6-11/h2-8,15H,9H2,1H3,(H,20,21). The molecule has 1 amide bonds. The summed E-state index contributed by atoms with van der Waals surface area (Å²) in [6.07, 6.45) is 0. The highest BCUT2D eigenvalue weighted by atomic mass is 79.9. The number of halogens is 3. The van der Waals surface area contributed by atoms with E-state index in [1.807, 2.05) is 30.3 Å². The lowest BCUT2D eigenvalue weighted by molar-refractivity contribution is 0.0936. The number of alkyl halides is 1. The number of rotatable bonds is 4. The molecule has 5 heteroatoms. The Morgan fingerprint density at radius 1 is 1.19 bits per heavy atom. The van der Waals surface area contributed by atoms with Crippen LogP contribution in [0.4, 0.5) is 8.78 Å². The molecule has 0 saturated carbocycles. The van der Waals surface area contributed by atoms with Gasteiger partial charge in [-0.1, -0.05) is 46.3 Å². The molecule has 2 aromatic rings. The van der Waals surface area contributed by atoms with Crippen LogP contribution in [0.3, 0.4) is 0 Å². The number of hydrogen-bond acceptors (Lipinski definition) is 1. The lowest BCUT2D eigenvalue weighted by Gasteiger charge is -2.17. The summed E-state index contributed by atoms with van der Waals surface area (Å²) in [6.45, 7) is 1.49. The zero-order valence-corrected chi connectivity index (χ0v) is 13.0. The van der Waals surface area contributed by atoms with Crippen LogP contribution >= 0.6 is 15.9 Å². The fourth-order valence-corrected chi connectivity index (χ4v) is 2.50. The lowest BCUT2D eigenvalue weighted by atomic mass is 10.1. The first-order chi connectivity index (χ1) is 10.0. The maximum absolute atomic E-state index is 13.7. The van der Waals surface area contributed by atoms with E-state index in [1.165, 1.54) is 13.0 Å². The van der Waals surface area contributed by atoms with Crippen molar-refractivity contribution in [2.24, 2.45) is 0 Å². The highest BCUT2D eigenvalue weighted by Crippen LogP contribution is 2.18. The molecular weight excluding hydrogens is 340 g/mol. The van der Waals surface area contributed by atoms with E-state index in [2.05, 4.69) is 21.2 Å². The van der Waals surface area contributed by atoms with Crippen molar-refractivity contribution >= 4 is 21.8 Å². The predicted octanol–water partition coefficient (Wildman–Crippen LogP) is 4.14. The quantitative estimate of drug-likeness (QED) is 0.822. The Kier molecular flexibility index (Phi) is 5.07. The maximum Gasteiger partial charge on any atom is 0.254 e. The zero-order chi connectivity index (χ0) is 15.4. The van der Waals surface area contributed by atoms with Gasteiger partial charge in [-0.2, -0.15) is 0 Å². The number of amides is 1. The minimum Gasteiger partial charge on any atom is -0.344 e. The summed E-state index contributed by atoms with van der Waals surface area (Å²) >= 11 is 3.33. The van der Waals surface area contributed by atoms with Gasteiger partial charge in [0.15, 0.2) is 0 Å². The van der Waals surface area contributed by atoms with Gasteiger partial charge in [0.1, 0.15) is 11.6 Å². The second-order valence-corrected chi connectivity index (χ2v) is 5.32. The summed E-state index contributed by atoms with van der Waals surface area (Å²) in [5.74, 6) is -2.09. The molecule has 2 aromatic carbocycles. The summed E-state index contributed by atoms with van der Waals surface area (Å²) in [6, 6.07) is 11.0. The number of hydrogen-bond donors (Lipinski definition) is 1. The van der Waals surface area contributed by atoms with E-state index in [9.17, 15) is 13.6 Å². The van der Waals surface area contributed by atoms with Crippen LogP contribution in [0, 0.1) is 18.6 Å². The Hall–Kier alpha value is -1.75. The first-order valence-corrected chi connectivity index (χ1v) is 7.52. The Balaban J connectivity index is 2.23. The molecule has 1 N–H and O–H groups in total. The Morgan fingerprint density at radius 3 is 2.48 bits per heavy atom. The molecule has 0 heterocycles. The molecule has 0 bridgehead atoms. The fourth-order valence-electron chi connectivity index (χ4n) is 1.96. The molecule has 0 aromatic heterocycles. The summed E-state index contributed by atoms with van der Waals surface area (Å²) in [7, 11) is 0. The molecule has 0 radical (unpaired) electrons. The number of carbonyl (C=O) groups is 1. The van der Waals surface area contributed by atoms with E-state index in [1.54, 1.807) is 0 Å². The van der Waals surface area contributed by atoms with Crippen molar-refractivity contribution in [3.8, 4) is 0 Å². The van der Waals surface area contributed by atoms with Crippen molar-refractivity contribution in [2.45, 2.75) is 13.0 Å². The van der Waals surface area contributed by atoms with Crippen molar-refractivity contribution in [3.63, 3.8) is 0 Å². The molecule has 1 unspecified atom stereocenters. The molecule has 0 aliphatic carbocycles.